The second kappa shape index (κ2) is 5.89. The van der Waals surface area contributed by atoms with Crippen LogP contribution in [0.1, 0.15) is 15.9 Å². The number of halogens is 1. The number of carbonyl (C=O) groups is 1. The van der Waals surface area contributed by atoms with Gasteiger partial charge in [0.25, 0.3) is 0 Å². The minimum Gasteiger partial charge on any atom is -0.492 e. The van der Waals surface area contributed by atoms with Crippen molar-refractivity contribution in [2.75, 3.05) is 0 Å². The van der Waals surface area contributed by atoms with Crippen molar-refractivity contribution < 1.29 is 19.4 Å². The number of benzene rings is 2. The van der Waals surface area contributed by atoms with Gasteiger partial charge in [-0.05, 0) is 36.8 Å². The molecular formula is C17H12FNO3S. The third kappa shape index (κ3) is 2.85. The molecule has 0 bridgehead atoms. The third-order valence-electron chi connectivity index (χ3n) is 3.40. The van der Waals surface area contributed by atoms with Crippen LogP contribution in [0, 0.1) is 12.7 Å². The molecule has 3 rings (SSSR count). The van der Waals surface area contributed by atoms with E-state index in [9.17, 15) is 19.4 Å². The molecule has 0 saturated carbocycles. The average Bonchev–Trinajstić information content (AvgIpc) is 2.51. The minimum absolute atomic E-state index is 0.00877. The molecule has 0 radical (unpaired) electrons. The quantitative estimate of drug-likeness (QED) is 0.752. The van der Waals surface area contributed by atoms with E-state index < -0.39 is 5.97 Å². The summed E-state index contributed by atoms with van der Waals surface area (Å²) in [5.41, 5.74) is 1.22. The van der Waals surface area contributed by atoms with Crippen molar-refractivity contribution in [1.82, 2.24) is 4.98 Å². The molecule has 116 valence electrons. The molecule has 2 aromatic carbocycles. The van der Waals surface area contributed by atoms with Crippen LogP contribution < -0.4 is 0 Å². The van der Waals surface area contributed by atoms with Crippen LogP contribution >= 0.6 is 11.8 Å². The first-order valence-corrected chi connectivity index (χ1v) is 7.58. The summed E-state index contributed by atoms with van der Waals surface area (Å²) in [5, 5.41) is 20.3. The van der Waals surface area contributed by atoms with E-state index in [1.54, 1.807) is 25.1 Å². The molecule has 4 nitrogen and oxygen atoms in total. The number of carboxylic acid groups (broad SMARTS) is 1. The molecule has 1 heterocycles. The van der Waals surface area contributed by atoms with Crippen LogP contribution in [0.15, 0.2) is 52.3 Å². The van der Waals surface area contributed by atoms with Crippen LogP contribution in [0.5, 0.6) is 5.88 Å². The van der Waals surface area contributed by atoms with Gasteiger partial charge >= 0.3 is 5.97 Å². The molecule has 0 atom stereocenters. The Kier molecular flexibility index (Phi) is 3.92. The topological polar surface area (TPSA) is 70.4 Å². The van der Waals surface area contributed by atoms with E-state index in [-0.39, 0.29) is 22.2 Å². The van der Waals surface area contributed by atoms with Crippen LogP contribution in [-0.4, -0.2) is 21.2 Å². The molecule has 0 aliphatic rings. The molecule has 6 heteroatoms. The maximum absolute atomic E-state index is 13.0. The van der Waals surface area contributed by atoms with Crippen LogP contribution in [0.3, 0.4) is 0 Å². The maximum Gasteiger partial charge on any atom is 0.337 e. The first-order chi connectivity index (χ1) is 11.0. The molecule has 3 aromatic rings. The molecule has 0 aliphatic heterocycles. The van der Waals surface area contributed by atoms with Gasteiger partial charge in [0.2, 0.25) is 5.88 Å². The smallest absolute Gasteiger partial charge is 0.337 e. The van der Waals surface area contributed by atoms with E-state index in [2.05, 4.69) is 4.98 Å². The normalized spacial score (nSPS) is 10.9. The summed E-state index contributed by atoms with van der Waals surface area (Å²) < 4.78 is 13.0. The van der Waals surface area contributed by atoms with Gasteiger partial charge in [-0.2, -0.15) is 0 Å². The fourth-order valence-corrected chi connectivity index (χ4v) is 3.27. The van der Waals surface area contributed by atoms with Gasteiger partial charge in [0.15, 0.2) is 0 Å². The number of nitrogens with zero attached hydrogens (tertiary/aromatic N) is 1. The molecule has 0 fully saturated rings. The second-order valence-corrected chi connectivity index (χ2v) is 6.06. The lowest BCUT2D eigenvalue weighted by atomic mass is 10.1. The molecule has 0 spiro atoms. The number of aromatic hydroxyl groups is 1. The Balaban J connectivity index is 2.23. The Morgan fingerprint density at radius 3 is 2.52 bits per heavy atom. The largest absolute Gasteiger partial charge is 0.492 e. The number of aromatic carboxylic acids is 1. The number of carboxylic acids is 1. The van der Waals surface area contributed by atoms with Gasteiger partial charge in [0.05, 0.1) is 16.0 Å². The summed E-state index contributed by atoms with van der Waals surface area (Å²) in [5.74, 6) is -1.88. The van der Waals surface area contributed by atoms with Gasteiger partial charge in [-0.15, -0.1) is 0 Å². The van der Waals surface area contributed by atoms with Crippen molar-refractivity contribution >= 4 is 28.6 Å². The summed E-state index contributed by atoms with van der Waals surface area (Å²) >= 11 is 1.04. The minimum atomic E-state index is -1.15. The molecular weight excluding hydrogens is 317 g/mol. The average molecular weight is 329 g/mol. The van der Waals surface area contributed by atoms with Crippen LogP contribution in [0.4, 0.5) is 4.39 Å². The predicted octanol–water partition coefficient (Wildman–Crippen LogP) is 4.24. The van der Waals surface area contributed by atoms with Crippen LogP contribution in [0.2, 0.25) is 0 Å². The highest BCUT2D eigenvalue weighted by atomic mass is 32.2. The van der Waals surface area contributed by atoms with Gasteiger partial charge in [-0.25, -0.2) is 14.2 Å². The number of rotatable bonds is 3. The standard InChI is InChI=1S/C17H12FNO3S/c1-9-3-2-4-12-13(17(21)22)15(16(20)19-14(9)12)23-11-7-5-10(18)6-8-11/h2-8H,1H3,(H,19,20)(H,21,22). The molecule has 0 aliphatic carbocycles. The van der Waals surface area contributed by atoms with E-state index in [0.717, 1.165) is 17.3 Å². The van der Waals surface area contributed by atoms with Crippen LogP contribution in [0.25, 0.3) is 10.9 Å². The summed E-state index contributed by atoms with van der Waals surface area (Å²) in [7, 11) is 0. The van der Waals surface area contributed by atoms with Crippen molar-refractivity contribution in [2.45, 2.75) is 16.7 Å². The second-order valence-electron chi connectivity index (χ2n) is 4.97. The Morgan fingerprint density at radius 2 is 1.87 bits per heavy atom. The van der Waals surface area contributed by atoms with Gasteiger partial charge in [0, 0.05) is 10.3 Å². The molecule has 0 saturated heterocycles. The summed E-state index contributed by atoms with van der Waals surface area (Å²) in [4.78, 5) is 16.6. The van der Waals surface area contributed by atoms with Crippen LogP contribution in [-0.2, 0) is 0 Å². The fraction of sp³-hybridized carbons (Fsp3) is 0.0588. The lowest BCUT2D eigenvalue weighted by molar-refractivity contribution is 0.0694. The molecule has 0 unspecified atom stereocenters. The van der Waals surface area contributed by atoms with E-state index in [4.69, 9.17) is 0 Å². The van der Waals surface area contributed by atoms with E-state index in [1.165, 1.54) is 24.3 Å². The van der Waals surface area contributed by atoms with Gasteiger partial charge in [-0.3, -0.25) is 0 Å². The number of hydrogen-bond acceptors (Lipinski definition) is 4. The van der Waals surface area contributed by atoms with Gasteiger partial charge in [0.1, 0.15) is 5.82 Å². The third-order valence-corrected chi connectivity index (χ3v) is 4.50. The Labute approximate surface area is 135 Å². The number of fused-ring (bicyclic) bond motifs is 1. The zero-order valence-electron chi connectivity index (χ0n) is 12.1. The van der Waals surface area contributed by atoms with Crippen molar-refractivity contribution in [3.8, 4) is 5.88 Å². The summed E-state index contributed by atoms with van der Waals surface area (Å²) in [6, 6.07) is 10.8. The Bertz CT molecular complexity index is 910. The number of pyridine rings is 1. The lowest BCUT2D eigenvalue weighted by Gasteiger charge is -2.12. The monoisotopic (exact) mass is 329 g/mol. The van der Waals surface area contributed by atoms with E-state index in [0.29, 0.717) is 15.8 Å². The molecule has 0 amide bonds. The lowest BCUT2D eigenvalue weighted by Crippen LogP contribution is -2.03. The highest BCUT2D eigenvalue weighted by Gasteiger charge is 2.21. The maximum atomic E-state index is 13.0. The number of aryl methyl sites for hydroxylation is 1. The fourth-order valence-electron chi connectivity index (χ4n) is 2.33. The first kappa shape index (κ1) is 15.3. The van der Waals surface area contributed by atoms with E-state index in [1.807, 2.05) is 0 Å². The highest BCUT2D eigenvalue weighted by molar-refractivity contribution is 7.99. The van der Waals surface area contributed by atoms with E-state index >= 15 is 0 Å². The summed E-state index contributed by atoms with van der Waals surface area (Å²) in [6.07, 6.45) is 0. The molecule has 23 heavy (non-hydrogen) atoms. The first-order valence-electron chi connectivity index (χ1n) is 6.76. The summed E-state index contributed by atoms with van der Waals surface area (Å²) in [6.45, 7) is 1.80. The highest BCUT2D eigenvalue weighted by Crippen LogP contribution is 2.39. The van der Waals surface area contributed by atoms with Gasteiger partial charge in [-0.1, -0.05) is 30.0 Å². The zero-order chi connectivity index (χ0) is 16.6. The Hall–Kier alpha value is -2.60. The van der Waals surface area contributed by atoms with Gasteiger partial charge < -0.3 is 10.2 Å². The van der Waals surface area contributed by atoms with Crippen molar-refractivity contribution in [1.29, 1.82) is 0 Å². The SMILES string of the molecule is Cc1cccc2c(C(=O)O)c(Sc3ccc(F)cc3)c(O)nc12. The molecule has 1 aromatic heterocycles. The zero-order valence-corrected chi connectivity index (χ0v) is 12.9. The van der Waals surface area contributed by atoms with Crippen molar-refractivity contribution in [3.05, 3.63) is 59.4 Å². The molecule has 2 N–H and O–H groups in total. The van der Waals surface area contributed by atoms with Crippen molar-refractivity contribution in [3.63, 3.8) is 0 Å². The van der Waals surface area contributed by atoms with Crippen molar-refractivity contribution in [2.24, 2.45) is 0 Å². The number of para-hydroxylation sites is 1. The Morgan fingerprint density at radius 1 is 1.17 bits per heavy atom. The number of aromatic nitrogens is 1. The number of hydrogen-bond donors (Lipinski definition) is 2. The predicted molar refractivity (Wildman–Crippen MR) is 85.6 cm³/mol.